The Morgan fingerprint density at radius 1 is 1.05 bits per heavy atom. The van der Waals surface area contributed by atoms with Crippen molar-refractivity contribution in [2.45, 2.75) is 13.8 Å². The number of benzene rings is 2. The zero-order valence-corrected chi connectivity index (χ0v) is 11.4. The quantitative estimate of drug-likeness (QED) is 0.660. The number of phenolic OH excluding ortho intramolecular Hbond substituents is 1. The number of rotatable bonds is 3. The van der Waals surface area contributed by atoms with Crippen LogP contribution in [0.2, 0.25) is 0 Å². The maximum Gasteiger partial charge on any atom is 0.336 e. The van der Waals surface area contributed by atoms with Gasteiger partial charge in [-0.15, -0.1) is 0 Å². The van der Waals surface area contributed by atoms with Gasteiger partial charge < -0.3 is 10.2 Å². The number of hydrogen-bond acceptors (Lipinski definition) is 2. The molecule has 0 spiro atoms. The Labute approximate surface area is 117 Å². The minimum atomic E-state index is -0.968. The molecule has 0 radical (unpaired) electrons. The molecule has 0 aliphatic carbocycles. The zero-order chi connectivity index (χ0) is 14.7. The first-order valence-corrected chi connectivity index (χ1v) is 6.29. The van der Waals surface area contributed by atoms with Crippen LogP contribution in [0, 0.1) is 13.8 Å². The van der Waals surface area contributed by atoms with Gasteiger partial charge >= 0.3 is 5.97 Å². The maximum absolute atomic E-state index is 11.5. The Morgan fingerprint density at radius 2 is 1.70 bits per heavy atom. The molecule has 20 heavy (non-hydrogen) atoms. The molecule has 2 aromatic rings. The van der Waals surface area contributed by atoms with Crippen molar-refractivity contribution in [3.8, 4) is 5.75 Å². The minimum absolute atomic E-state index is 0.158. The Balaban J connectivity index is 2.51. The van der Waals surface area contributed by atoms with E-state index >= 15 is 0 Å². The second kappa shape index (κ2) is 5.61. The monoisotopic (exact) mass is 268 g/mol. The fourth-order valence-corrected chi connectivity index (χ4v) is 2.11. The summed E-state index contributed by atoms with van der Waals surface area (Å²) in [4.78, 5) is 11.5. The molecule has 2 rings (SSSR count). The summed E-state index contributed by atoms with van der Waals surface area (Å²) in [7, 11) is 0. The van der Waals surface area contributed by atoms with Gasteiger partial charge in [-0.3, -0.25) is 0 Å². The Kier molecular flexibility index (Phi) is 3.89. The lowest BCUT2D eigenvalue weighted by Gasteiger charge is -2.08. The van der Waals surface area contributed by atoms with Gasteiger partial charge in [0.1, 0.15) is 5.75 Å². The first-order chi connectivity index (χ1) is 9.47. The Bertz CT molecular complexity index is 667. The van der Waals surface area contributed by atoms with E-state index in [2.05, 4.69) is 0 Å². The second-order valence-corrected chi connectivity index (χ2v) is 4.77. The summed E-state index contributed by atoms with van der Waals surface area (Å²) in [6.07, 6.45) is 1.61. The number of aryl methyl sites for hydroxylation is 2. The van der Waals surface area contributed by atoms with E-state index in [0.29, 0.717) is 5.56 Å². The van der Waals surface area contributed by atoms with Gasteiger partial charge in [0, 0.05) is 0 Å². The number of hydrogen-bond donors (Lipinski definition) is 2. The van der Waals surface area contributed by atoms with E-state index in [-0.39, 0.29) is 11.3 Å². The number of carbonyl (C=O) groups is 1. The predicted octanol–water partition coefficient (Wildman–Crippen LogP) is 3.63. The van der Waals surface area contributed by atoms with Crippen LogP contribution in [-0.2, 0) is 4.79 Å². The van der Waals surface area contributed by atoms with Crippen LogP contribution in [0.1, 0.15) is 22.3 Å². The van der Waals surface area contributed by atoms with Crippen LogP contribution < -0.4 is 0 Å². The van der Waals surface area contributed by atoms with Crippen molar-refractivity contribution in [1.29, 1.82) is 0 Å². The van der Waals surface area contributed by atoms with Crippen LogP contribution in [0.15, 0.2) is 42.5 Å². The van der Waals surface area contributed by atoms with Crippen molar-refractivity contribution < 1.29 is 15.0 Å². The van der Waals surface area contributed by atoms with Crippen molar-refractivity contribution in [3.05, 3.63) is 64.7 Å². The van der Waals surface area contributed by atoms with E-state index in [9.17, 15) is 15.0 Å². The molecule has 0 aliphatic heterocycles. The van der Waals surface area contributed by atoms with Crippen LogP contribution in [-0.4, -0.2) is 16.2 Å². The lowest BCUT2D eigenvalue weighted by molar-refractivity contribution is -0.130. The standard InChI is InChI=1S/C17H16O3/c1-11-3-8-15(12(2)9-11)16(17(19)20)10-13-4-6-14(18)7-5-13/h3-10,18H,1-2H3,(H,19,20)/b16-10-. The highest BCUT2D eigenvalue weighted by atomic mass is 16.4. The molecule has 0 bridgehead atoms. The molecule has 0 saturated heterocycles. The molecule has 0 aliphatic rings. The molecule has 102 valence electrons. The number of carboxylic acid groups (broad SMARTS) is 1. The molecule has 2 N–H and O–H groups in total. The molecular weight excluding hydrogens is 252 g/mol. The van der Waals surface area contributed by atoms with Crippen molar-refractivity contribution in [3.63, 3.8) is 0 Å². The molecule has 3 heteroatoms. The highest BCUT2D eigenvalue weighted by molar-refractivity contribution is 6.21. The Morgan fingerprint density at radius 3 is 2.25 bits per heavy atom. The number of aromatic hydroxyl groups is 1. The lowest BCUT2D eigenvalue weighted by Crippen LogP contribution is -2.01. The average molecular weight is 268 g/mol. The van der Waals surface area contributed by atoms with Crippen LogP contribution >= 0.6 is 0 Å². The summed E-state index contributed by atoms with van der Waals surface area (Å²) in [5, 5.41) is 18.7. The molecule has 0 unspecified atom stereocenters. The molecule has 0 heterocycles. The third-order valence-corrected chi connectivity index (χ3v) is 3.11. The number of aliphatic carboxylic acids is 1. The van der Waals surface area contributed by atoms with E-state index in [1.807, 2.05) is 32.0 Å². The van der Waals surface area contributed by atoms with Crippen LogP contribution in [0.3, 0.4) is 0 Å². The van der Waals surface area contributed by atoms with E-state index in [4.69, 9.17) is 0 Å². The van der Waals surface area contributed by atoms with Gasteiger partial charge in [0.15, 0.2) is 0 Å². The molecule has 0 atom stereocenters. The molecule has 0 amide bonds. The van der Waals surface area contributed by atoms with E-state index in [1.165, 1.54) is 12.1 Å². The molecular formula is C17H16O3. The van der Waals surface area contributed by atoms with Gasteiger partial charge in [0.05, 0.1) is 5.57 Å². The smallest absolute Gasteiger partial charge is 0.336 e. The second-order valence-electron chi connectivity index (χ2n) is 4.77. The molecule has 0 fully saturated rings. The van der Waals surface area contributed by atoms with Crippen molar-refractivity contribution in [2.24, 2.45) is 0 Å². The van der Waals surface area contributed by atoms with Crippen molar-refractivity contribution >= 4 is 17.6 Å². The van der Waals surface area contributed by atoms with E-state index in [1.54, 1.807) is 18.2 Å². The summed E-state index contributed by atoms with van der Waals surface area (Å²) in [5.74, 6) is -0.810. The van der Waals surface area contributed by atoms with Gasteiger partial charge in [-0.25, -0.2) is 4.79 Å². The maximum atomic E-state index is 11.5. The van der Waals surface area contributed by atoms with Crippen LogP contribution in [0.25, 0.3) is 11.6 Å². The molecule has 0 aromatic heterocycles. The van der Waals surface area contributed by atoms with Crippen molar-refractivity contribution in [2.75, 3.05) is 0 Å². The minimum Gasteiger partial charge on any atom is -0.508 e. The zero-order valence-electron chi connectivity index (χ0n) is 11.4. The third-order valence-electron chi connectivity index (χ3n) is 3.11. The predicted molar refractivity (Wildman–Crippen MR) is 79.5 cm³/mol. The summed E-state index contributed by atoms with van der Waals surface area (Å²) >= 11 is 0. The third kappa shape index (κ3) is 3.06. The molecule has 3 nitrogen and oxygen atoms in total. The summed E-state index contributed by atoms with van der Waals surface area (Å²) in [6, 6.07) is 12.1. The van der Waals surface area contributed by atoms with Crippen LogP contribution in [0.4, 0.5) is 0 Å². The van der Waals surface area contributed by atoms with Gasteiger partial charge in [-0.05, 0) is 48.7 Å². The van der Waals surface area contributed by atoms with Crippen LogP contribution in [0.5, 0.6) is 5.75 Å². The topological polar surface area (TPSA) is 57.5 Å². The largest absolute Gasteiger partial charge is 0.508 e. The highest BCUT2D eigenvalue weighted by Crippen LogP contribution is 2.23. The number of carboxylic acids is 1. The van der Waals surface area contributed by atoms with Gasteiger partial charge in [0.2, 0.25) is 0 Å². The normalized spacial score (nSPS) is 11.4. The first-order valence-electron chi connectivity index (χ1n) is 6.29. The van der Waals surface area contributed by atoms with E-state index < -0.39 is 5.97 Å². The summed E-state index contributed by atoms with van der Waals surface area (Å²) in [5.41, 5.74) is 3.71. The Hall–Kier alpha value is -2.55. The SMILES string of the molecule is Cc1ccc(/C(=C/c2ccc(O)cc2)C(=O)O)c(C)c1. The average Bonchev–Trinajstić information content (AvgIpc) is 2.39. The summed E-state index contributed by atoms with van der Waals surface area (Å²) in [6.45, 7) is 3.87. The van der Waals surface area contributed by atoms with E-state index in [0.717, 1.165) is 16.7 Å². The fraction of sp³-hybridized carbons (Fsp3) is 0.118. The van der Waals surface area contributed by atoms with Gasteiger partial charge in [-0.2, -0.15) is 0 Å². The summed E-state index contributed by atoms with van der Waals surface area (Å²) < 4.78 is 0. The fourth-order valence-electron chi connectivity index (χ4n) is 2.11. The first kappa shape index (κ1) is 13.9. The van der Waals surface area contributed by atoms with Gasteiger partial charge in [-0.1, -0.05) is 35.9 Å². The molecule has 2 aromatic carbocycles. The lowest BCUT2D eigenvalue weighted by atomic mass is 9.97. The highest BCUT2D eigenvalue weighted by Gasteiger charge is 2.12. The van der Waals surface area contributed by atoms with Gasteiger partial charge in [0.25, 0.3) is 0 Å². The van der Waals surface area contributed by atoms with Crippen molar-refractivity contribution in [1.82, 2.24) is 0 Å². The molecule has 0 saturated carbocycles. The number of phenols is 1.